The number of carbonyl (C=O) groups is 3. The molecule has 0 atom stereocenters. The molecular weight excluding hydrogens is 396 g/mol. The molecule has 150 valence electrons. The zero-order valence-corrected chi connectivity index (χ0v) is 16.6. The van der Waals surface area contributed by atoms with E-state index in [1.165, 1.54) is 6.08 Å². The van der Waals surface area contributed by atoms with Crippen LogP contribution in [-0.4, -0.2) is 31.1 Å². The lowest BCUT2D eigenvalue weighted by Gasteiger charge is -2.16. The minimum Gasteiger partial charge on any atom is -0.489 e. The van der Waals surface area contributed by atoms with E-state index in [9.17, 15) is 14.4 Å². The number of para-hydroxylation sites is 1. The number of hydrogen-bond acceptors (Lipinski definition) is 5. The molecule has 2 N–H and O–H groups in total. The van der Waals surface area contributed by atoms with E-state index in [2.05, 4.69) is 0 Å². The Kier molecular flexibility index (Phi) is 6.19. The lowest BCUT2D eigenvalue weighted by atomic mass is 10.1. The molecule has 0 aromatic heterocycles. The van der Waals surface area contributed by atoms with Crippen molar-refractivity contribution >= 4 is 35.5 Å². The fourth-order valence-electron chi connectivity index (χ4n) is 2.85. The predicted octanol–water partition coefficient (Wildman–Crippen LogP) is 3.16. The molecule has 1 aliphatic rings. The number of ether oxygens (including phenoxy) is 2. The van der Waals surface area contributed by atoms with Crippen LogP contribution in [0.2, 0.25) is 5.02 Å². The van der Waals surface area contributed by atoms with Crippen LogP contribution in [0.5, 0.6) is 11.5 Å². The molecule has 7 nitrogen and oxygen atoms in total. The number of imide groups is 2. The SMILES string of the molecule is Cc1cccc(C)c1OCCOc1ccc(Cl)cc1C=C1C(=O)NC(=O)NC1=O. The summed E-state index contributed by atoms with van der Waals surface area (Å²) < 4.78 is 11.6. The van der Waals surface area contributed by atoms with Crippen molar-refractivity contribution < 1.29 is 23.9 Å². The van der Waals surface area contributed by atoms with Crippen LogP contribution < -0.4 is 20.1 Å². The van der Waals surface area contributed by atoms with E-state index < -0.39 is 17.8 Å². The highest BCUT2D eigenvalue weighted by Crippen LogP contribution is 2.26. The summed E-state index contributed by atoms with van der Waals surface area (Å²) in [6, 6.07) is 9.88. The minimum atomic E-state index is -0.858. The Morgan fingerprint density at radius 3 is 2.21 bits per heavy atom. The standard InChI is InChI=1S/C21H19ClN2O5/c1-12-4-3-5-13(2)18(12)29-9-8-28-17-7-6-15(22)10-14(17)11-16-19(25)23-21(27)24-20(16)26/h3-7,10-11H,8-9H2,1-2H3,(H2,23,24,25,26,27). The molecule has 1 saturated heterocycles. The van der Waals surface area contributed by atoms with Gasteiger partial charge < -0.3 is 9.47 Å². The second kappa shape index (κ2) is 8.79. The average Bonchev–Trinajstić information content (AvgIpc) is 2.65. The van der Waals surface area contributed by atoms with Gasteiger partial charge in [0.15, 0.2) is 0 Å². The summed E-state index contributed by atoms with van der Waals surface area (Å²) in [4.78, 5) is 35.1. The van der Waals surface area contributed by atoms with Gasteiger partial charge >= 0.3 is 6.03 Å². The van der Waals surface area contributed by atoms with E-state index in [0.717, 1.165) is 16.9 Å². The highest BCUT2D eigenvalue weighted by Gasteiger charge is 2.28. The first-order valence-electron chi connectivity index (χ1n) is 8.85. The van der Waals surface area contributed by atoms with Gasteiger partial charge in [0.25, 0.3) is 11.8 Å². The molecule has 2 aromatic carbocycles. The number of carbonyl (C=O) groups excluding carboxylic acids is 3. The maximum Gasteiger partial charge on any atom is 0.328 e. The number of nitrogens with one attached hydrogen (secondary N) is 2. The Morgan fingerprint density at radius 1 is 0.931 bits per heavy atom. The van der Waals surface area contributed by atoms with Gasteiger partial charge in [-0.3, -0.25) is 20.2 Å². The van der Waals surface area contributed by atoms with Crippen molar-refractivity contribution in [2.45, 2.75) is 13.8 Å². The molecule has 0 radical (unpaired) electrons. The highest BCUT2D eigenvalue weighted by molar-refractivity contribution is 6.32. The number of amides is 4. The van der Waals surface area contributed by atoms with Gasteiger partial charge in [0, 0.05) is 10.6 Å². The second-order valence-electron chi connectivity index (χ2n) is 6.40. The Morgan fingerprint density at radius 2 is 1.55 bits per heavy atom. The summed E-state index contributed by atoms with van der Waals surface area (Å²) in [7, 11) is 0. The van der Waals surface area contributed by atoms with Crippen molar-refractivity contribution in [1.29, 1.82) is 0 Å². The van der Waals surface area contributed by atoms with Crippen molar-refractivity contribution in [2.75, 3.05) is 13.2 Å². The molecule has 0 spiro atoms. The van der Waals surface area contributed by atoms with Crippen molar-refractivity contribution in [3.05, 3.63) is 63.7 Å². The molecule has 1 aliphatic heterocycles. The number of rotatable bonds is 6. The van der Waals surface area contributed by atoms with Gasteiger partial charge in [0.1, 0.15) is 30.3 Å². The van der Waals surface area contributed by atoms with Crippen LogP contribution in [-0.2, 0) is 9.59 Å². The van der Waals surface area contributed by atoms with Gasteiger partial charge in [0.2, 0.25) is 0 Å². The van der Waals surface area contributed by atoms with Gasteiger partial charge in [-0.15, -0.1) is 0 Å². The van der Waals surface area contributed by atoms with Gasteiger partial charge in [-0.05, 0) is 49.2 Å². The Balaban J connectivity index is 1.72. The summed E-state index contributed by atoms with van der Waals surface area (Å²) in [5.74, 6) is -0.342. The molecule has 0 aliphatic carbocycles. The highest BCUT2D eigenvalue weighted by atomic mass is 35.5. The zero-order valence-electron chi connectivity index (χ0n) is 15.9. The van der Waals surface area contributed by atoms with E-state index in [4.69, 9.17) is 21.1 Å². The number of benzene rings is 2. The topological polar surface area (TPSA) is 93.7 Å². The van der Waals surface area contributed by atoms with E-state index in [0.29, 0.717) is 22.9 Å². The lowest BCUT2D eigenvalue weighted by Crippen LogP contribution is -2.51. The van der Waals surface area contributed by atoms with Crippen molar-refractivity contribution in [1.82, 2.24) is 10.6 Å². The molecule has 1 heterocycles. The van der Waals surface area contributed by atoms with E-state index in [1.54, 1.807) is 18.2 Å². The van der Waals surface area contributed by atoms with Gasteiger partial charge in [-0.1, -0.05) is 29.8 Å². The third kappa shape index (κ3) is 4.94. The number of urea groups is 1. The van der Waals surface area contributed by atoms with Crippen LogP contribution in [0.15, 0.2) is 42.0 Å². The normalized spacial score (nSPS) is 13.6. The number of halogens is 1. The summed E-state index contributed by atoms with van der Waals surface area (Å²) >= 11 is 6.04. The number of barbiturate groups is 1. The second-order valence-corrected chi connectivity index (χ2v) is 6.83. The number of aryl methyl sites for hydroxylation is 2. The molecule has 2 aromatic rings. The van der Waals surface area contributed by atoms with E-state index >= 15 is 0 Å². The smallest absolute Gasteiger partial charge is 0.328 e. The van der Waals surface area contributed by atoms with Crippen molar-refractivity contribution in [3.8, 4) is 11.5 Å². The monoisotopic (exact) mass is 414 g/mol. The average molecular weight is 415 g/mol. The fraction of sp³-hybridized carbons (Fsp3) is 0.190. The molecule has 8 heteroatoms. The molecular formula is C21H19ClN2O5. The Labute approximate surface area is 172 Å². The lowest BCUT2D eigenvalue weighted by molar-refractivity contribution is -0.123. The predicted molar refractivity (Wildman–Crippen MR) is 108 cm³/mol. The minimum absolute atomic E-state index is 0.219. The third-order valence-electron chi connectivity index (χ3n) is 4.21. The first-order chi connectivity index (χ1) is 13.8. The Bertz CT molecular complexity index is 974. The third-order valence-corrected chi connectivity index (χ3v) is 4.45. The maximum atomic E-state index is 11.9. The molecule has 0 bridgehead atoms. The van der Waals surface area contributed by atoms with Gasteiger partial charge in [-0.2, -0.15) is 0 Å². The maximum absolute atomic E-state index is 11.9. The van der Waals surface area contributed by atoms with Gasteiger partial charge in [-0.25, -0.2) is 4.79 Å². The van der Waals surface area contributed by atoms with Crippen LogP contribution in [0.4, 0.5) is 4.79 Å². The first kappa shape index (κ1) is 20.4. The first-order valence-corrected chi connectivity index (χ1v) is 9.22. The van der Waals surface area contributed by atoms with E-state index in [1.807, 2.05) is 42.7 Å². The van der Waals surface area contributed by atoms with Crippen LogP contribution in [0.25, 0.3) is 6.08 Å². The van der Waals surface area contributed by atoms with Crippen molar-refractivity contribution in [3.63, 3.8) is 0 Å². The molecule has 1 fully saturated rings. The van der Waals surface area contributed by atoms with Crippen LogP contribution >= 0.6 is 11.6 Å². The van der Waals surface area contributed by atoms with E-state index in [-0.39, 0.29) is 12.2 Å². The summed E-state index contributed by atoms with van der Waals surface area (Å²) in [6.45, 7) is 4.48. The van der Waals surface area contributed by atoms with Crippen LogP contribution in [0.1, 0.15) is 16.7 Å². The molecule has 0 saturated carbocycles. The molecule has 29 heavy (non-hydrogen) atoms. The van der Waals surface area contributed by atoms with Crippen LogP contribution in [0.3, 0.4) is 0 Å². The molecule has 3 rings (SSSR count). The zero-order chi connectivity index (χ0) is 21.0. The summed E-state index contributed by atoms with van der Waals surface area (Å²) in [5.41, 5.74) is 2.28. The largest absolute Gasteiger partial charge is 0.489 e. The van der Waals surface area contributed by atoms with Crippen molar-refractivity contribution in [2.24, 2.45) is 0 Å². The Hall–Kier alpha value is -3.32. The summed E-state index contributed by atoms with van der Waals surface area (Å²) in [6.07, 6.45) is 1.32. The fourth-order valence-corrected chi connectivity index (χ4v) is 3.03. The van der Waals surface area contributed by atoms with Gasteiger partial charge in [0.05, 0.1) is 0 Å². The molecule has 4 amide bonds. The number of hydrogen-bond donors (Lipinski definition) is 2. The van der Waals surface area contributed by atoms with Crippen LogP contribution in [0, 0.1) is 13.8 Å². The molecule has 0 unspecified atom stereocenters. The summed E-state index contributed by atoms with van der Waals surface area (Å²) in [5, 5.41) is 4.45. The quantitative estimate of drug-likeness (QED) is 0.430.